The quantitative estimate of drug-likeness (QED) is 0.857. The summed E-state index contributed by atoms with van der Waals surface area (Å²) in [5.74, 6) is 0.707. The highest BCUT2D eigenvalue weighted by Gasteiger charge is 2.10. The number of hydrogen-bond acceptors (Lipinski definition) is 5. The molecular weight excluding hydrogens is 284 g/mol. The molecule has 0 atom stereocenters. The third-order valence-corrected chi connectivity index (χ3v) is 3.83. The summed E-state index contributed by atoms with van der Waals surface area (Å²) in [6.07, 6.45) is 0.460. The van der Waals surface area contributed by atoms with Crippen molar-refractivity contribution in [3.8, 4) is 0 Å². The predicted molar refractivity (Wildman–Crippen MR) is 77.4 cm³/mol. The van der Waals surface area contributed by atoms with E-state index in [2.05, 4.69) is 15.3 Å². The van der Waals surface area contributed by atoms with Crippen LogP contribution in [-0.2, 0) is 11.3 Å². The number of nitrogens with one attached hydrogen (secondary N) is 1. The Labute approximate surface area is 120 Å². The van der Waals surface area contributed by atoms with Gasteiger partial charge in [0, 0.05) is 25.4 Å². The molecule has 2 aromatic rings. The largest absolute Gasteiger partial charge is 0.359 e. The summed E-state index contributed by atoms with van der Waals surface area (Å²) >= 11 is 7.66. The van der Waals surface area contributed by atoms with Crippen LogP contribution in [0.5, 0.6) is 0 Å². The van der Waals surface area contributed by atoms with E-state index in [0.717, 1.165) is 10.2 Å². The Kier molecular flexibility index (Phi) is 4.68. The highest BCUT2D eigenvalue weighted by atomic mass is 35.5. The first-order valence-corrected chi connectivity index (χ1v) is 7.14. The fourth-order valence-corrected chi connectivity index (χ4v) is 2.76. The summed E-state index contributed by atoms with van der Waals surface area (Å²) in [7, 11) is 3.56. The van der Waals surface area contributed by atoms with E-state index in [1.165, 1.54) is 0 Å². The standard InChI is InChI=1S/C12H15ClN4OS/c1-14-10(18)3-5-17(2)7-9-15-11(13)8-4-6-19-12(8)16-9/h4,6H,3,5,7H2,1-2H3,(H,14,18). The number of rotatable bonds is 5. The van der Waals surface area contributed by atoms with E-state index < -0.39 is 0 Å². The highest BCUT2D eigenvalue weighted by Crippen LogP contribution is 2.24. The lowest BCUT2D eigenvalue weighted by molar-refractivity contribution is -0.120. The highest BCUT2D eigenvalue weighted by molar-refractivity contribution is 7.16. The second-order valence-corrected chi connectivity index (χ2v) is 5.48. The summed E-state index contributed by atoms with van der Waals surface area (Å²) in [4.78, 5) is 22.8. The molecule has 2 aromatic heterocycles. The smallest absolute Gasteiger partial charge is 0.221 e. The lowest BCUT2D eigenvalue weighted by Crippen LogP contribution is -2.26. The third-order valence-electron chi connectivity index (χ3n) is 2.74. The number of nitrogens with zero attached hydrogens (tertiary/aromatic N) is 3. The first-order valence-electron chi connectivity index (χ1n) is 5.89. The monoisotopic (exact) mass is 298 g/mol. The van der Waals surface area contributed by atoms with Gasteiger partial charge in [0.25, 0.3) is 0 Å². The van der Waals surface area contributed by atoms with Gasteiger partial charge in [0.05, 0.1) is 6.54 Å². The molecule has 5 nitrogen and oxygen atoms in total. The van der Waals surface area contributed by atoms with E-state index >= 15 is 0 Å². The van der Waals surface area contributed by atoms with Crippen LogP contribution in [0.4, 0.5) is 0 Å². The maximum Gasteiger partial charge on any atom is 0.221 e. The molecule has 102 valence electrons. The van der Waals surface area contributed by atoms with E-state index in [-0.39, 0.29) is 5.91 Å². The average Bonchev–Trinajstić information content (AvgIpc) is 2.84. The molecule has 7 heteroatoms. The van der Waals surface area contributed by atoms with E-state index in [9.17, 15) is 4.79 Å². The van der Waals surface area contributed by atoms with Gasteiger partial charge < -0.3 is 5.32 Å². The Bertz CT molecular complexity index is 586. The van der Waals surface area contributed by atoms with Crippen molar-refractivity contribution in [1.29, 1.82) is 0 Å². The molecule has 2 rings (SSSR count). The van der Waals surface area contributed by atoms with Crippen LogP contribution in [0.25, 0.3) is 10.2 Å². The van der Waals surface area contributed by atoms with Crippen LogP contribution in [0.3, 0.4) is 0 Å². The second-order valence-electron chi connectivity index (χ2n) is 4.23. The van der Waals surface area contributed by atoms with Crippen LogP contribution < -0.4 is 5.32 Å². The summed E-state index contributed by atoms with van der Waals surface area (Å²) in [6.45, 7) is 1.23. The van der Waals surface area contributed by atoms with Crippen LogP contribution in [0.1, 0.15) is 12.2 Å². The van der Waals surface area contributed by atoms with Gasteiger partial charge >= 0.3 is 0 Å². The number of halogens is 1. The number of thiophene rings is 1. The van der Waals surface area contributed by atoms with Crippen LogP contribution in [0.2, 0.25) is 5.15 Å². The number of hydrogen-bond donors (Lipinski definition) is 1. The van der Waals surface area contributed by atoms with Gasteiger partial charge in [-0.2, -0.15) is 0 Å². The summed E-state index contributed by atoms with van der Waals surface area (Å²) in [5, 5.41) is 5.93. The fraction of sp³-hybridized carbons (Fsp3) is 0.417. The Balaban J connectivity index is 2.02. The van der Waals surface area contributed by atoms with Crippen LogP contribution in [0, 0.1) is 0 Å². The summed E-state index contributed by atoms with van der Waals surface area (Å²) in [6, 6.07) is 1.92. The van der Waals surface area contributed by atoms with Crippen molar-refractivity contribution in [2.24, 2.45) is 0 Å². The van der Waals surface area contributed by atoms with Gasteiger partial charge in [0.2, 0.25) is 5.91 Å². The van der Waals surface area contributed by atoms with Crippen LogP contribution in [-0.4, -0.2) is 41.4 Å². The summed E-state index contributed by atoms with van der Waals surface area (Å²) in [5.41, 5.74) is 0. The number of fused-ring (bicyclic) bond motifs is 1. The number of amides is 1. The van der Waals surface area contributed by atoms with Gasteiger partial charge in [0.1, 0.15) is 15.8 Å². The van der Waals surface area contributed by atoms with E-state index in [0.29, 0.717) is 30.5 Å². The van der Waals surface area contributed by atoms with Gasteiger partial charge in [-0.25, -0.2) is 9.97 Å². The van der Waals surface area contributed by atoms with Gasteiger partial charge in [-0.05, 0) is 18.5 Å². The van der Waals surface area contributed by atoms with Crippen molar-refractivity contribution < 1.29 is 4.79 Å². The van der Waals surface area contributed by atoms with Gasteiger partial charge in [-0.1, -0.05) is 11.6 Å². The SMILES string of the molecule is CNC(=O)CCN(C)Cc1nc(Cl)c2ccsc2n1. The normalized spacial score (nSPS) is 11.2. The van der Waals surface area contributed by atoms with Crippen molar-refractivity contribution >= 4 is 39.1 Å². The maximum absolute atomic E-state index is 11.2. The van der Waals surface area contributed by atoms with Crippen molar-refractivity contribution in [1.82, 2.24) is 20.2 Å². The molecule has 0 radical (unpaired) electrons. The Hall–Kier alpha value is -1.24. The molecule has 0 aliphatic rings. The third kappa shape index (κ3) is 3.62. The number of aromatic nitrogens is 2. The first kappa shape index (κ1) is 14.2. The Morgan fingerprint density at radius 2 is 2.32 bits per heavy atom. The minimum atomic E-state index is 0.0273. The average molecular weight is 299 g/mol. The maximum atomic E-state index is 11.2. The molecule has 2 heterocycles. The van der Waals surface area contributed by atoms with Crippen molar-refractivity contribution in [2.45, 2.75) is 13.0 Å². The van der Waals surface area contributed by atoms with Gasteiger partial charge in [-0.3, -0.25) is 9.69 Å². The molecule has 0 unspecified atom stereocenters. The fourth-order valence-electron chi connectivity index (χ4n) is 1.67. The lowest BCUT2D eigenvalue weighted by Gasteiger charge is -2.15. The molecule has 0 aliphatic heterocycles. The molecule has 1 N–H and O–H groups in total. The molecule has 0 bridgehead atoms. The van der Waals surface area contributed by atoms with Gasteiger partial charge in [-0.15, -0.1) is 11.3 Å². The number of carbonyl (C=O) groups is 1. The Morgan fingerprint density at radius 3 is 3.05 bits per heavy atom. The number of carbonyl (C=O) groups excluding carboxylic acids is 1. The minimum Gasteiger partial charge on any atom is -0.359 e. The van der Waals surface area contributed by atoms with Crippen LogP contribution >= 0.6 is 22.9 Å². The topological polar surface area (TPSA) is 58.1 Å². The molecule has 0 aromatic carbocycles. The zero-order valence-corrected chi connectivity index (χ0v) is 12.4. The molecule has 0 saturated heterocycles. The van der Waals surface area contributed by atoms with Crippen molar-refractivity contribution in [2.75, 3.05) is 20.6 Å². The van der Waals surface area contributed by atoms with Gasteiger partial charge in [0.15, 0.2) is 0 Å². The second kappa shape index (κ2) is 6.27. The molecule has 0 fully saturated rings. The van der Waals surface area contributed by atoms with E-state index in [1.807, 2.05) is 23.4 Å². The zero-order chi connectivity index (χ0) is 13.8. The van der Waals surface area contributed by atoms with E-state index in [1.54, 1.807) is 18.4 Å². The minimum absolute atomic E-state index is 0.0273. The first-order chi connectivity index (χ1) is 9.10. The zero-order valence-electron chi connectivity index (χ0n) is 10.8. The van der Waals surface area contributed by atoms with E-state index in [4.69, 9.17) is 11.6 Å². The molecule has 19 heavy (non-hydrogen) atoms. The molecule has 1 amide bonds. The molecule has 0 saturated carbocycles. The molecule has 0 aliphatic carbocycles. The van der Waals surface area contributed by atoms with Crippen LogP contribution in [0.15, 0.2) is 11.4 Å². The molecular formula is C12H15ClN4OS. The lowest BCUT2D eigenvalue weighted by atomic mass is 10.3. The predicted octanol–water partition coefficient (Wildman–Crippen LogP) is 1.91. The van der Waals surface area contributed by atoms with Crippen molar-refractivity contribution in [3.05, 3.63) is 22.4 Å². The van der Waals surface area contributed by atoms with Crippen molar-refractivity contribution in [3.63, 3.8) is 0 Å². The Morgan fingerprint density at radius 1 is 1.53 bits per heavy atom. The molecule has 0 spiro atoms. The summed E-state index contributed by atoms with van der Waals surface area (Å²) < 4.78 is 0.